The fraction of sp³-hybridized carbons (Fsp3) is 0.500. The van der Waals surface area contributed by atoms with Crippen molar-refractivity contribution in [3.05, 3.63) is 53.6 Å². The van der Waals surface area contributed by atoms with E-state index in [9.17, 15) is 0 Å². The molecule has 29 heavy (non-hydrogen) atoms. The van der Waals surface area contributed by atoms with E-state index in [1.165, 1.54) is 5.56 Å². The maximum atomic E-state index is 6.63. The van der Waals surface area contributed by atoms with E-state index >= 15 is 0 Å². The Balaban J connectivity index is 1.89. The van der Waals surface area contributed by atoms with Crippen LogP contribution in [0.1, 0.15) is 43.4 Å². The van der Waals surface area contributed by atoms with Gasteiger partial charge in [0, 0.05) is 31.6 Å². The Morgan fingerprint density at radius 1 is 0.931 bits per heavy atom. The maximum absolute atomic E-state index is 6.63. The number of para-hydroxylation sites is 1. The van der Waals surface area contributed by atoms with Gasteiger partial charge in [0.15, 0.2) is 0 Å². The van der Waals surface area contributed by atoms with Gasteiger partial charge in [0.1, 0.15) is 23.4 Å². The number of methoxy groups -OCH3 is 2. The minimum atomic E-state index is -0.136. The summed E-state index contributed by atoms with van der Waals surface area (Å²) < 4.78 is 23.3. The van der Waals surface area contributed by atoms with Crippen LogP contribution in [0.15, 0.2) is 42.5 Å². The quantitative estimate of drug-likeness (QED) is 0.613. The lowest BCUT2D eigenvalue weighted by Gasteiger charge is -2.29. The molecular weight excluding hydrogens is 366 g/mol. The van der Waals surface area contributed by atoms with Gasteiger partial charge in [-0.15, -0.1) is 0 Å². The highest BCUT2D eigenvalue weighted by Gasteiger charge is 2.23. The zero-order chi connectivity index (χ0) is 20.6. The molecule has 1 heterocycles. The largest absolute Gasteiger partial charge is 0.497 e. The first-order valence-corrected chi connectivity index (χ1v) is 10.4. The molecule has 1 aliphatic heterocycles. The molecular formula is C24H33NO4. The first kappa shape index (κ1) is 21.5. The minimum Gasteiger partial charge on any atom is -0.497 e. The van der Waals surface area contributed by atoms with E-state index in [2.05, 4.69) is 36.9 Å². The second-order valence-electron chi connectivity index (χ2n) is 7.65. The fourth-order valence-electron chi connectivity index (χ4n) is 3.71. The molecule has 0 saturated carbocycles. The molecule has 0 aromatic heterocycles. The van der Waals surface area contributed by atoms with Crippen molar-refractivity contribution in [1.29, 1.82) is 0 Å². The molecule has 158 valence electrons. The molecule has 3 rings (SSSR count). The fourth-order valence-corrected chi connectivity index (χ4v) is 3.71. The van der Waals surface area contributed by atoms with Gasteiger partial charge in [-0.1, -0.05) is 32.0 Å². The number of benzene rings is 2. The summed E-state index contributed by atoms with van der Waals surface area (Å²) in [7, 11) is 3.38. The molecule has 2 aromatic carbocycles. The van der Waals surface area contributed by atoms with Gasteiger partial charge < -0.3 is 18.9 Å². The number of hydrogen-bond acceptors (Lipinski definition) is 5. The zero-order valence-corrected chi connectivity index (χ0v) is 18.0. The van der Waals surface area contributed by atoms with Gasteiger partial charge in [-0.3, -0.25) is 4.90 Å². The third-order valence-corrected chi connectivity index (χ3v) is 5.41. The number of morpholine rings is 1. The standard InChI is InChI=1S/C24H33NO4/c1-18(2)20-7-5-6-8-23(20)29-24(11-12-25-13-15-28-16-14-25)21-17-19(26-3)9-10-22(21)27-4/h5-10,17-18,24H,11-16H2,1-4H3. The van der Waals surface area contributed by atoms with Crippen LogP contribution >= 0.6 is 0 Å². The second kappa shape index (κ2) is 10.5. The Labute approximate surface area is 174 Å². The summed E-state index contributed by atoms with van der Waals surface area (Å²) in [6.07, 6.45) is 0.721. The van der Waals surface area contributed by atoms with Crippen molar-refractivity contribution in [3.8, 4) is 17.2 Å². The van der Waals surface area contributed by atoms with Crippen LogP contribution in [-0.4, -0.2) is 52.0 Å². The summed E-state index contributed by atoms with van der Waals surface area (Å²) in [6, 6.07) is 14.2. The van der Waals surface area contributed by atoms with Gasteiger partial charge in [-0.2, -0.15) is 0 Å². The highest BCUT2D eigenvalue weighted by atomic mass is 16.5. The van der Waals surface area contributed by atoms with Crippen molar-refractivity contribution in [3.63, 3.8) is 0 Å². The predicted octanol–water partition coefficient (Wildman–Crippen LogP) is 4.67. The van der Waals surface area contributed by atoms with Crippen molar-refractivity contribution in [2.24, 2.45) is 0 Å². The molecule has 1 fully saturated rings. The zero-order valence-electron chi connectivity index (χ0n) is 18.0. The lowest BCUT2D eigenvalue weighted by atomic mass is 10.0. The Morgan fingerprint density at radius 3 is 2.38 bits per heavy atom. The molecule has 1 unspecified atom stereocenters. The summed E-state index contributed by atoms with van der Waals surface area (Å²) in [5, 5.41) is 0. The highest BCUT2D eigenvalue weighted by molar-refractivity contribution is 5.43. The normalized spacial score (nSPS) is 15.9. The molecule has 0 N–H and O–H groups in total. The number of nitrogens with zero attached hydrogens (tertiary/aromatic N) is 1. The second-order valence-corrected chi connectivity index (χ2v) is 7.65. The van der Waals surface area contributed by atoms with Gasteiger partial charge in [0.2, 0.25) is 0 Å². The summed E-state index contributed by atoms with van der Waals surface area (Å²) in [4.78, 5) is 2.43. The summed E-state index contributed by atoms with van der Waals surface area (Å²) in [6.45, 7) is 8.84. The van der Waals surface area contributed by atoms with E-state index in [0.29, 0.717) is 5.92 Å². The Bertz CT molecular complexity index is 771. The molecule has 1 saturated heterocycles. The van der Waals surface area contributed by atoms with E-state index in [-0.39, 0.29) is 6.10 Å². The monoisotopic (exact) mass is 399 g/mol. The Kier molecular flexibility index (Phi) is 7.78. The molecule has 5 nitrogen and oxygen atoms in total. The van der Waals surface area contributed by atoms with Crippen LogP contribution in [0.3, 0.4) is 0 Å². The molecule has 0 aliphatic carbocycles. The smallest absolute Gasteiger partial charge is 0.129 e. The SMILES string of the molecule is COc1ccc(OC)c(C(CCN2CCOCC2)Oc2ccccc2C(C)C)c1. The molecule has 0 amide bonds. The van der Waals surface area contributed by atoms with Crippen LogP contribution in [0.5, 0.6) is 17.2 Å². The van der Waals surface area contributed by atoms with E-state index in [4.69, 9.17) is 18.9 Å². The van der Waals surface area contributed by atoms with Crippen LogP contribution in [0.2, 0.25) is 0 Å². The van der Waals surface area contributed by atoms with Crippen LogP contribution in [0.25, 0.3) is 0 Å². The van der Waals surface area contributed by atoms with E-state index in [0.717, 1.165) is 62.1 Å². The lowest BCUT2D eigenvalue weighted by molar-refractivity contribution is 0.0315. The van der Waals surface area contributed by atoms with Crippen LogP contribution in [0.4, 0.5) is 0 Å². The first-order valence-electron chi connectivity index (χ1n) is 10.4. The van der Waals surface area contributed by atoms with E-state index in [1.54, 1.807) is 14.2 Å². The summed E-state index contributed by atoms with van der Waals surface area (Å²) in [5.41, 5.74) is 2.23. The van der Waals surface area contributed by atoms with E-state index < -0.39 is 0 Å². The van der Waals surface area contributed by atoms with Crippen LogP contribution in [0, 0.1) is 0 Å². The molecule has 0 spiro atoms. The molecule has 2 aromatic rings. The minimum absolute atomic E-state index is 0.136. The van der Waals surface area contributed by atoms with E-state index in [1.807, 2.05) is 24.3 Å². The molecule has 1 atom stereocenters. The molecule has 0 radical (unpaired) electrons. The van der Waals surface area contributed by atoms with Crippen molar-refractivity contribution < 1.29 is 18.9 Å². The van der Waals surface area contributed by atoms with Gasteiger partial charge in [-0.25, -0.2) is 0 Å². The van der Waals surface area contributed by atoms with Gasteiger partial charge in [-0.05, 0) is 35.7 Å². The predicted molar refractivity (Wildman–Crippen MR) is 115 cm³/mol. The molecule has 5 heteroatoms. The highest BCUT2D eigenvalue weighted by Crippen LogP contribution is 2.37. The average Bonchev–Trinajstić information content (AvgIpc) is 2.77. The molecule has 0 bridgehead atoms. The van der Waals surface area contributed by atoms with Crippen molar-refractivity contribution in [2.45, 2.75) is 32.3 Å². The molecule has 1 aliphatic rings. The number of hydrogen-bond donors (Lipinski definition) is 0. The lowest BCUT2D eigenvalue weighted by Crippen LogP contribution is -2.37. The van der Waals surface area contributed by atoms with Crippen LogP contribution < -0.4 is 14.2 Å². The number of rotatable bonds is 9. The first-order chi connectivity index (χ1) is 14.1. The number of ether oxygens (including phenoxy) is 4. The van der Waals surface area contributed by atoms with Crippen molar-refractivity contribution in [2.75, 3.05) is 47.1 Å². The van der Waals surface area contributed by atoms with Gasteiger partial charge in [0.25, 0.3) is 0 Å². The third kappa shape index (κ3) is 5.64. The Hall–Kier alpha value is -2.24. The summed E-state index contributed by atoms with van der Waals surface area (Å²) >= 11 is 0. The van der Waals surface area contributed by atoms with Gasteiger partial charge >= 0.3 is 0 Å². The van der Waals surface area contributed by atoms with Crippen LogP contribution in [-0.2, 0) is 4.74 Å². The maximum Gasteiger partial charge on any atom is 0.129 e. The Morgan fingerprint density at radius 2 is 1.69 bits per heavy atom. The summed E-state index contributed by atoms with van der Waals surface area (Å²) in [5.74, 6) is 2.94. The topological polar surface area (TPSA) is 40.2 Å². The van der Waals surface area contributed by atoms with Gasteiger partial charge in [0.05, 0.1) is 27.4 Å². The average molecular weight is 400 g/mol. The third-order valence-electron chi connectivity index (χ3n) is 5.41. The van der Waals surface area contributed by atoms with Crippen molar-refractivity contribution in [1.82, 2.24) is 4.90 Å². The van der Waals surface area contributed by atoms with Crippen molar-refractivity contribution >= 4 is 0 Å².